The molecule has 9 nitrogen and oxygen atoms in total. The summed E-state index contributed by atoms with van der Waals surface area (Å²) in [6, 6.07) is 13.4. The van der Waals surface area contributed by atoms with Gasteiger partial charge in [-0.15, -0.1) is 0 Å². The van der Waals surface area contributed by atoms with Gasteiger partial charge in [-0.2, -0.15) is 5.10 Å². The molecule has 0 aliphatic carbocycles. The van der Waals surface area contributed by atoms with Crippen LogP contribution < -0.4 is 16.5 Å². The summed E-state index contributed by atoms with van der Waals surface area (Å²) < 4.78 is 0. The van der Waals surface area contributed by atoms with Crippen LogP contribution in [0.25, 0.3) is 0 Å². The number of carbonyl (C=O) groups excluding carboxylic acids is 1. The Hall–Kier alpha value is -3.56. The molecule has 2 heterocycles. The number of rotatable bonds is 5. The van der Waals surface area contributed by atoms with Crippen molar-refractivity contribution in [2.45, 2.75) is 12.3 Å². The summed E-state index contributed by atoms with van der Waals surface area (Å²) in [5.41, 5.74) is 9.98. The molecule has 1 atom stereocenters. The van der Waals surface area contributed by atoms with Gasteiger partial charge < -0.3 is 16.0 Å². The van der Waals surface area contributed by atoms with Crippen molar-refractivity contribution in [3.8, 4) is 0 Å². The van der Waals surface area contributed by atoms with Gasteiger partial charge in [0.2, 0.25) is 0 Å². The molecule has 11 heteroatoms. The van der Waals surface area contributed by atoms with Crippen LogP contribution in [0.5, 0.6) is 0 Å². The van der Waals surface area contributed by atoms with Gasteiger partial charge in [0.25, 0.3) is 11.6 Å². The van der Waals surface area contributed by atoms with Crippen LogP contribution in [-0.4, -0.2) is 35.0 Å². The topological polar surface area (TPSA) is 126 Å². The molecule has 1 unspecified atom stereocenters. The fourth-order valence-electron chi connectivity index (χ4n) is 3.88. The number of nitrogens with two attached hydrogens (primary N) is 1. The smallest absolute Gasteiger partial charge is 0.298 e. The summed E-state index contributed by atoms with van der Waals surface area (Å²) in [7, 11) is 0. The number of benzene rings is 2. The highest BCUT2D eigenvalue weighted by Crippen LogP contribution is 2.41. The summed E-state index contributed by atoms with van der Waals surface area (Å²) in [6.45, 7) is 1.01. The third-order valence-corrected chi connectivity index (χ3v) is 5.89. The predicted molar refractivity (Wildman–Crippen MR) is 126 cm³/mol. The van der Waals surface area contributed by atoms with E-state index in [0.717, 1.165) is 0 Å². The molecule has 0 radical (unpaired) electrons. The first-order chi connectivity index (χ1) is 15.9. The van der Waals surface area contributed by atoms with E-state index in [1.165, 1.54) is 6.21 Å². The quantitative estimate of drug-likeness (QED) is 0.338. The van der Waals surface area contributed by atoms with Gasteiger partial charge in [0, 0.05) is 23.1 Å². The third-order valence-electron chi connectivity index (χ3n) is 5.39. The summed E-state index contributed by atoms with van der Waals surface area (Å²) >= 11 is 11.9. The van der Waals surface area contributed by atoms with E-state index in [0.29, 0.717) is 46.5 Å². The van der Waals surface area contributed by atoms with Crippen LogP contribution in [-0.2, 0) is 4.79 Å². The molecule has 2 aliphatic heterocycles. The molecular formula is C22H20Cl2N6O3. The maximum atomic E-state index is 13.2. The lowest BCUT2D eigenvalue weighted by atomic mass is 9.84. The van der Waals surface area contributed by atoms with E-state index >= 15 is 0 Å². The molecule has 1 fully saturated rings. The van der Waals surface area contributed by atoms with Crippen LogP contribution in [0.1, 0.15) is 23.5 Å². The second-order valence-corrected chi connectivity index (χ2v) is 8.33. The minimum atomic E-state index is -1.01. The largest absolute Gasteiger partial charge is 0.385 e. The maximum absolute atomic E-state index is 13.2. The number of allylic oxidation sites excluding steroid dienone is 1. The average molecular weight is 487 g/mol. The summed E-state index contributed by atoms with van der Waals surface area (Å²) in [5.74, 6) is -1.21. The van der Waals surface area contributed by atoms with Crippen molar-refractivity contribution in [3.05, 3.63) is 103 Å². The number of nitrogens with zero attached hydrogens (tertiary/aromatic N) is 3. The van der Waals surface area contributed by atoms with Gasteiger partial charge in [-0.3, -0.25) is 14.9 Å². The number of hydrogen-bond donors (Lipinski definition) is 3. The van der Waals surface area contributed by atoms with Crippen molar-refractivity contribution in [2.75, 3.05) is 13.1 Å². The van der Waals surface area contributed by atoms with Crippen LogP contribution in [0.3, 0.4) is 0 Å². The van der Waals surface area contributed by atoms with E-state index in [1.807, 2.05) is 0 Å². The number of amides is 1. The molecule has 170 valence electrons. The molecule has 0 bridgehead atoms. The highest BCUT2D eigenvalue weighted by molar-refractivity contribution is 6.30. The molecule has 0 spiro atoms. The fourth-order valence-corrected chi connectivity index (χ4v) is 4.13. The van der Waals surface area contributed by atoms with Gasteiger partial charge in [0.1, 0.15) is 11.7 Å². The minimum Gasteiger partial charge on any atom is -0.385 e. The Morgan fingerprint density at radius 3 is 2.45 bits per heavy atom. The van der Waals surface area contributed by atoms with Crippen LogP contribution >= 0.6 is 23.2 Å². The molecule has 0 saturated carbocycles. The number of halogens is 2. The van der Waals surface area contributed by atoms with E-state index in [1.54, 1.807) is 53.4 Å². The molecule has 2 aliphatic rings. The molecule has 4 rings (SSSR count). The zero-order valence-corrected chi connectivity index (χ0v) is 18.8. The SMILES string of the molecule is NC1=C(C(=O)N/N=C/c2ccc(Cl)cc2)C(c2ccc(Cl)cc2)C([N+](=O)[O-])=C2NCCCN12. The van der Waals surface area contributed by atoms with Crippen molar-refractivity contribution in [2.24, 2.45) is 10.8 Å². The Kier molecular flexibility index (Phi) is 6.52. The van der Waals surface area contributed by atoms with Gasteiger partial charge >= 0.3 is 0 Å². The Morgan fingerprint density at radius 1 is 1.18 bits per heavy atom. The maximum Gasteiger partial charge on any atom is 0.298 e. The molecule has 1 amide bonds. The number of hydrazone groups is 1. The van der Waals surface area contributed by atoms with E-state index in [9.17, 15) is 14.9 Å². The summed E-state index contributed by atoms with van der Waals surface area (Å²) in [6.07, 6.45) is 2.16. The molecule has 2 aromatic rings. The van der Waals surface area contributed by atoms with Crippen LogP contribution in [0, 0.1) is 10.1 Å². The fraction of sp³-hybridized carbons (Fsp3) is 0.182. The van der Waals surface area contributed by atoms with Crippen molar-refractivity contribution in [3.63, 3.8) is 0 Å². The van der Waals surface area contributed by atoms with E-state index in [-0.39, 0.29) is 17.1 Å². The zero-order chi connectivity index (χ0) is 23.5. The number of fused-ring (bicyclic) bond motifs is 1. The average Bonchev–Trinajstić information content (AvgIpc) is 2.80. The number of carbonyl (C=O) groups is 1. The Labute approximate surface area is 199 Å². The standard InChI is InChI=1S/C22H20Cl2N6O3/c23-15-6-2-13(3-7-15)12-27-28-22(31)18-17(14-4-8-16(24)9-5-14)19(30(32)33)21-26-10-1-11-29(21)20(18)25/h2-9,12,17,26H,1,10-11,25H2,(H,28,31)/b27-12+. The number of hydrogen-bond acceptors (Lipinski definition) is 7. The highest BCUT2D eigenvalue weighted by Gasteiger charge is 2.45. The Bertz CT molecular complexity index is 1180. The van der Waals surface area contributed by atoms with Crippen molar-refractivity contribution in [1.29, 1.82) is 0 Å². The third kappa shape index (κ3) is 4.64. The van der Waals surface area contributed by atoms with E-state index in [2.05, 4.69) is 15.8 Å². The lowest BCUT2D eigenvalue weighted by molar-refractivity contribution is -0.432. The Balaban J connectivity index is 1.73. The molecule has 33 heavy (non-hydrogen) atoms. The van der Waals surface area contributed by atoms with E-state index < -0.39 is 16.7 Å². The first-order valence-corrected chi connectivity index (χ1v) is 10.9. The molecule has 0 aromatic heterocycles. The van der Waals surface area contributed by atoms with Crippen molar-refractivity contribution < 1.29 is 9.72 Å². The predicted octanol–water partition coefficient (Wildman–Crippen LogP) is 3.15. The van der Waals surface area contributed by atoms with E-state index in [4.69, 9.17) is 28.9 Å². The first-order valence-electron chi connectivity index (χ1n) is 10.1. The Morgan fingerprint density at radius 2 is 1.82 bits per heavy atom. The zero-order valence-electron chi connectivity index (χ0n) is 17.3. The molecular weight excluding hydrogens is 467 g/mol. The lowest BCUT2D eigenvalue weighted by Gasteiger charge is -2.38. The van der Waals surface area contributed by atoms with Gasteiger partial charge in [0.15, 0.2) is 5.82 Å². The summed E-state index contributed by atoms with van der Waals surface area (Å²) in [5, 5.41) is 20.3. The normalized spacial score (nSPS) is 18.2. The second kappa shape index (κ2) is 9.51. The van der Waals surface area contributed by atoms with Gasteiger partial charge in [-0.05, 0) is 41.8 Å². The van der Waals surface area contributed by atoms with Crippen LogP contribution in [0.15, 0.2) is 76.5 Å². The van der Waals surface area contributed by atoms with Gasteiger partial charge in [-0.1, -0.05) is 47.5 Å². The molecule has 1 saturated heterocycles. The first kappa shape index (κ1) is 22.6. The second-order valence-electron chi connectivity index (χ2n) is 7.46. The highest BCUT2D eigenvalue weighted by atomic mass is 35.5. The lowest BCUT2D eigenvalue weighted by Crippen LogP contribution is -2.48. The molecule has 4 N–H and O–H groups in total. The van der Waals surface area contributed by atoms with Crippen LogP contribution in [0.4, 0.5) is 0 Å². The van der Waals surface area contributed by atoms with Crippen molar-refractivity contribution in [1.82, 2.24) is 15.6 Å². The monoisotopic (exact) mass is 486 g/mol. The van der Waals surface area contributed by atoms with Crippen LogP contribution in [0.2, 0.25) is 10.0 Å². The number of nitrogens with one attached hydrogen (secondary N) is 2. The summed E-state index contributed by atoms with van der Waals surface area (Å²) in [4.78, 5) is 26.5. The van der Waals surface area contributed by atoms with Gasteiger partial charge in [-0.25, -0.2) is 5.43 Å². The van der Waals surface area contributed by atoms with Crippen molar-refractivity contribution >= 4 is 35.3 Å². The molecule has 2 aromatic carbocycles. The van der Waals surface area contributed by atoms with Gasteiger partial charge in [0.05, 0.1) is 16.7 Å². The minimum absolute atomic E-state index is 0.0460. The number of nitro groups is 1.